The molecule has 3 rings (SSSR count). The lowest BCUT2D eigenvalue weighted by Crippen LogP contribution is -2.22. The molecular weight excluding hydrogens is 368 g/mol. The molecule has 0 saturated carbocycles. The summed E-state index contributed by atoms with van der Waals surface area (Å²) in [4.78, 5) is 16.4. The van der Waals surface area contributed by atoms with E-state index in [0.29, 0.717) is 16.3 Å². The van der Waals surface area contributed by atoms with E-state index in [2.05, 4.69) is 11.1 Å². The van der Waals surface area contributed by atoms with Crippen LogP contribution in [-0.4, -0.2) is 21.3 Å². The maximum atomic E-state index is 11.7. The summed E-state index contributed by atoms with van der Waals surface area (Å²) < 4.78 is 0. The van der Waals surface area contributed by atoms with E-state index in [9.17, 15) is 15.2 Å². The van der Waals surface area contributed by atoms with Crippen LogP contribution in [0.1, 0.15) is 19.4 Å². The zero-order valence-corrected chi connectivity index (χ0v) is 16.5. The summed E-state index contributed by atoms with van der Waals surface area (Å²) in [5.74, 6) is -1.01. The van der Waals surface area contributed by atoms with Crippen LogP contribution in [0.15, 0.2) is 71.8 Å². The smallest absolute Gasteiger partial charge is 0.317 e. The Morgan fingerprint density at radius 3 is 2.11 bits per heavy atom. The number of rotatable bonds is 6. The Morgan fingerprint density at radius 2 is 1.61 bits per heavy atom. The maximum Gasteiger partial charge on any atom is 0.317 e. The van der Waals surface area contributed by atoms with Crippen LogP contribution in [0, 0.1) is 17.2 Å². The van der Waals surface area contributed by atoms with Gasteiger partial charge in [-0.25, -0.2) is 4.98 Å². The molecule has 1 aromatic heterocycles. The van der Waals surface area contributed by atoms with Crippen LogP contribution in [-0.2, 0) is 4.79 Å². The van der Waals surface area contributed by atoms with Gasteiger partial charge in [-0.3, -0.25) is 4.79 Å². The fraction of sp³-hybridized carbons (Fsp3) is 0.174. The van der Waals surface area contributed by atoms with Crippen molar-refractivity contribution in [3.8, 4) is 28.5 Å². The van der Waals surface area contributed by atoms with Gasteiger partial charge in [0.1, 0.15) is 16.3 Å². The number of carboxylic acid groups (broad SMARTS) is 1. The van der Waals surface area contributed by atoms with E-state index in [1.54, 1.807) is 0 Å². The van der Waals surface area contributed by atoms with Crippen molar-refractivity contribution in [3.05, 3.63) is 72.3 Å². The van der Waals surface area contributed by atoms with Crippen LogP contribution in [0.25, 0.3) is 22.4 Å². The monoisotopic (exact) mass is 388 g/mol. The lowest BCUT2D eigenvalue weighted by molar-refractivity contribution is -0.137. The van der Waals surface area contributed by atoms with E-state index in [0.717, 1.165) is 28.5 Å². The lowest BCUT2D eigenvalue weighted by atomic mass is 9.99. The van der Waals surface area contributed by atoms with E-state index >= 15 is 0 Å². The standard InChI is InChI=1S/C23H20N2O2S/c1-15(2)21(23(26)27)28-22-19(14-24)18(16-9-5-3-6-10-16)13-20(25-22)17-11-7-4-8-12-17/h3-13,15,21H,1-2H3,(H,26,27)/t21-/m1/s1. The van der Waals surface area contributed by atoms with Gasteiger partial charge in [0.15, 0.2) is 0 Å². The molecule has 0 fully saturated rings. The van der Waals surface area contributed by atoms with Crippen molar-refractivity contribution in [1.29, 1.82) is 5.26 Å². The average Bonchev–Trinajstić information content (AvgIpc) is 2.72. The summed E-state index contributed by atoms with van der Waals surface area (Å²) in [5.41, 5.74) is 3.70. The van der Waals surface area contributed by atoms with Crippen LogP contribution in [0.3, 0.4) is 0 Å². The molecule has 1 N–H and O–H groups in total. The van der Waals surface area contributed by atoms with Gasteiger partial charge in [-0.05, 0) is 17.5 Å². The van der Waals surface area contributed by atoms with Crippen LogP contribution in [0.2, 0.25) is 0 Å². The van der Waals surface area contributed by atoms with Gasteiger partial charge in [0.05, 0.1) is 11.3 Å². The molecule has 1 atom stereocenters. The normalized spacial score (nSPS) is 11.8. The van der Waals surface area contributed by atoms with Crippen molar-refractivity contribution in [2.24, 2.45) is 5.92 Å². The van der Waals surface area contributed by atoms with Gasteiger partial charge in [0.2, 0.25) is 0 Å². The van der Waals surface area contributed by atoms with E-state index in [4.69, 9.17) is 0 Å². The molecule has 28 heavy (non-hydrogen) atoms. The first-order chi connectivity index (χ1) is 13.5. The van der Waals surface area contributed by atoms with Gasteiger partial charge in [0, 0.05) is 11.1 Å². The summed E-state index contributed by atoms with van der Waals surface area (Å²) in [5, 5.41) is 19.2. The number of benzene rings is 2. The molecular formula is C23H20N2O2S. The van der Waals surface area contributed by atoms with Gasteiger partial charge in [-0.15, -0.1) is 0 Å². The summed E-state index contributed by atoms with van der Waals surface area (Å²) in [7, 11) is 0. The number of hydrogen-bond acceptors (Lipinski definition) is 4. The van der Waals surface area contributed by atoms with Gasteiger partial charge >= 0.3 is 5.97 Å². The minimum atomic E-state index is -0.905. The Kier molecular flexibility index (Phi) is 6.13. The molecule has 5 heteroatoms. The Bertz CT molecular complexity index is 1010. The van der Waals surface area contributed by atoms with Gasteiger partial charge in [-0.1, -0.05) is 86.3 Å². The van der Waals surface area contributed by atoms with Gasteiger partial charge in [0.25, 0.3) is 0 Å². The summed E-state index contributed by atoms with van der Waals surface area (Å²) in [6, 6.07) is 23.5. The predicted molar refractivity (Wildman–Crippen MR) is 112 cm³/mol. The fourth-order valence-electron chi connectivity index (χ4n) is 2.91. The van der Waals surface area contributed by atoms with E-state index in [1.807, 2.05) is 80.6 Å². The number of thioether (sulfide) groups is 1. The van der Waals surface area contributed by atoms with E-state index < -0.39 is 11.2 Å². The SMILES string of the molecule is CC(C)[C@@H](Sc1nc(-c2ccccc2)cc(-c2ccccc2)c1C#N)C(=O)O. The molecule has 0 amide bonds. The van der Waals surface area contributed by atoms with Crippen LogP contribution in [0.4, 0.5) is 0 Å². The van der Waals surface area contributed by atoms with Crippen molar-refractivity contribution in [1.82, 2.24) is 4.98 Å². The molecule has 1 heterocycles. The summed E-state index contributed by atoms with van der Waals surface area (Å²) in [6.07, 6.45) is 0. The molecule has 0 aliphatic carbocycles. The minimum absolute atomic E-state index is 0.101. The van der Waals surface area contributed by atoms with Crippen molar-refractivity contribution >= 4 is 17.7 Å². The predicted octanol–water partition coefficient (Wildman–Crippen LogP) is 5.49. The summed E-state index contributed by atoms with van der Waals surface area (Å²) in [6.45, 7) is 3.72. The Morgan fingerprint density at radius 1 is 1.04 bits per heavy atom. The quantitative estimate of drug-likeness (QED) is 0.565. The van der Waals surface area contributed by atoms with E-state index in [-0.39, 0.29) is 5.92 Å². The zero-order chi connectivity index (χ0) is 20.1. The largest absolute Gasteiger partial charge is 0.480 e. The fourth-order valence-corrected chi connectivity index (χ4v) is 3.95. The first-order valence-corrected chi connectivity index (χ1v) is 9.84. The number of hydrogen-bond donors (Lipinski definition) is 1. The number of aliphatic carboxylic acids is 1. The highest BCUT2D eigenvalue weighted by Crippen LogP contribution is 2.37. The van der Waals surface area contributed by atoms with E-state index in [1.165, 1.54) is 0 Å². The molecule has 0 aliphatic rings. The van der Waals surface area contributed by atoms with Crippen LogP contribution < -0.4 is 0 Å². The Balaban J connectivity index is 2.22. The molecule has 3 aromatic rings. The van der Waals surface area contributed by atoms with Gasteiger partial charge < -0.3 is 5.11 Å². The van der Waals surface area contributed by atoms with Crippen LogP contribution in [0.5, 0.6) is 0 Å². The third-order valence-corrected chi connectivity index (χ3v) is 5.86. The number of pyridine rings is 1. The van der Waals surface area contributed by atoms with Crippen LogP contribution >= 0.6 is 11.8 Å². The molecule has 0 radical (unpaired) electrons. The second-order valence-corrected chi connectivity index (χ2v) is 7.83. The van der Waals surface area contributed by atoms with Crippen molar-refractivity contribution in [2.45, 2.75) is 24.1 Å². The highest BCUT2D eigenvalue weighted by molar-refractivity contribution is 8.00. The molecule has 140 valence electrons. The average molecular weight is 388 g/mol. The number of aromatic nitrogens is 1. The minimum Gasteiger partial charge on any atom is -0.480 e. The molecule has 0 bridgehead atoms. The molecule has 0 saturated heterocycles. The molecule has 0 unspecified atom stereocenters. The van der Waals surface area contributed by atoms with Gasteiger partial charge in [-0.2, -0.15) is 5.26 Å². The first-order valence-electron chi connectivity index (χ1n) is 8.96. The highest BCUT2D eigenvalue weighted by Gasteiger charge is 2.26. The second-order valence-electron chi connectivity index (χ2n) is 6.70. The highest BCUT2D eigenvalue weighted by atomic mass is 32.2. The zero-order valence-electron chi connectivity index (χ0n) is 15.7. The van der Waals surface area contributed by atoms with Crippen molar-refractivity contribution < 1.29 is 9.90 Å². The topological polar surface area (TPSA) is 74.0 Å². The number of nitriles is 1. The number of nitrogens with zero attached hydrogens (tertiary/aromatic N) is 2. The third-order valence-electron chi connectivity index (χ3n) is 4.34. The Hall–Kier alpha value is -3.10. The van der Waals surface area contributed by atoms with Crippen molar-refractivity contribution in [3.63, 3.8) is 0 Å². The molecule has 4 nitrogen and oxygen atoms in total. The lowest BCUT2D eigenvalue weighted by Gasteiger charge is -2.18. The third kappa shape index (κ3) is 4.24. The first kappa shape index (κ1) is 19.7. The molecule has 2 aromatic carbocycles. The van der Waals surface area contributed by atoms with Crippen molar-refractivity contribution in [2.75, 3.05) is 0 Å². The Labute approximate surface area is 168 Å². The molecule has 0 aliphatic heterocycles. The molecule has 0 spiro atoms. The second kappa shape index (κ2) is 8.73. The number of carboxylic acids is 1. The maximum absolute atomic E-state index is 11.7. The number of carbonyl (C=O) groups is 1. The summed E-state index contributed by atoms with van der Waals surface area (Å²) >= 11 is 1.14.